The van der Waals surface area contributed by atoms with Crippen molar-refractivity contribution in [1.82, 2.24) is 14.9 Å². The van der Waals surface area contributed by atoms with Gasteiger partial charge in [-0.25, -0.2) is 4.98 Å². The van der Waals surface area contributed by atoms with Gasteiger partial charge in [-0.2, -0.15) is 0 Å². The van der Waals surface area contributed by atoms with Crippen LogP contribution in [0.25, 0.3) is 11.0 Å². The molecule has 0 aliphatic rings. The van der Waals surface area contributed by atoms with Gasteiger partial charge in [0, 0.05) is 5.56 Å². The van der Waals surface area contributed by atoms with Crippen LogP contribution in [0.3, 0.4) is 0 Å². The first-order valence-electron chi connectivity index (χ1n) is 9.09. The summed E-state index contributed by atoms with van der Waals surface area (Å²) >= 11 is 0. The van der Waals surface area contributed by atoms with Gasteiger partial charge in [0.25, 0.3) is 5.91 Å². The van der Waals surface area contributed by atoms with Crippen LogP contribution in [0.15, 0.2) is 48.5 Å². The molecule has 1 N–H and O–H groups in total. The van der Waals surface area contributed by atoms with Crippen LogP contribution in [0, 0.1) is 0 Å². The van der Waals surface area contributed by atoms with Crippen LogP contribution in [-0.2, 0) is 16.1 Å². The molecule has 3 aromatic rings. The van der Waals surface area contributed by atoms with Gasteiger partial charge in [-0.15, -0.1) is 0 Å². The van der Waals surface area contributed by atoms with Gasteiger partial charge in [0.1, 0.15) is 18.1 Å². The van der Waals surface area contributed by atoms with Gasteiger partial charge in [-0.1, -0.05) is 18.2 Å². The molecule has 3 rings (SSSR count). The number of imidazole rings is 1. The average Bonchev–Trinajstić information content (AvgIpc) is 3.07. The average molecular weight is 381 g/mol. The summed E-state index contributed by atoms with van der Waals surface area (Å²) < 4.78 is 12.0. The predicted molar refractivity (Wildman–Crippen MR) is 105 cm³/mol. The van der Waals surface area contributed by atoms with E-state index in [1.165, 1.54) is 0 Å². The number of para-hydroxylation sites is 2. The van der Waals surface area contributed by atoms with E-state index in [-0.39, 0.29) is 18.4 Å². The maximum absolute atomic E-state index is 12.7. The standard InChI is InChI=1S/C21H23N3O4/c1-4-28-19(25)13-24-18-11-6-5-10-17(18)23-20(24)14(2)22-21(26)15-8-7-9-16(12-15)27-3/h5-12,14H,4,13H2,1-3H3,(H,22,26). The second-order valence-electron chi connectivity index (χ2n) is 6.28. The van der Waals surface area contributed by atoms with Crippen molar-refractivity contribution in [3.63, 3.8) is 0 Å². The predicted octanol–water partition coefficient (Wildman–Crippen LogP) is 3.10. The topological polar surface area (TPSA) is 82.5 Å². The number of rotatable bonds is 7. The molecule has 1 heterocycles. The molecule has 146 valence electrons. The van der Waals surface area contributed by atoms with Crippen LogP contribution in [0.2, 0.25) is 0 Å². The van der Waals surface area contributed by atoms with Crippen LogP contribution in [0.5, 0.6) is 5.75 Å². The summed E-state index contributed by atoms with van der Waals surface area (Å²) in [6.07, 6.45) is 0. The van der Waals surface area contributed by atoms with Crippen LogP contribution >= 0.6 is 0 Å². The fourth-order valence-corrected chi connectivity index (χ4v) is 3.04. The quantitative estimate of drug-likeness (QED) is 0.636. The molecule has 1 atom stereocenters. The van der Waals surface area contributed by atoms with Crippen LogP contribution < -0.4 is 10.1 Å². The molecule has 1 unspecified atom stereocenters. The highest BCUT2D eigenvalue weighted by Gasteiger charge is 2.21. The minimum absolute atomic E-state index is 0.0308. The molecule has 1 aromatic heterocycles. The Bertz CT molecular complexity index is 996. The normalized spacial score (nSPS) is 11.8. The van der Waals surface area contributed by atoms with Crippen LogP contribution in [0.1, 0.15) is 36.1 Å². The second kappa shape index (κ2) is 8.56. The van der Waals surface area contributed by atoms with E-state index >= 15 is 0 Å². The number of hydrogen-bond acceptors (Lipinski definition) is 5. The van der Waals surface area contributed by atoms with E-state index < -0.39 is 6.04 Å². The largest absolute Gasteiger partial charge is 0.497 e. The molecule has 7 heteroatoms. The zero-order chi connectivity index (χ0) is 20.1. The Labute approximate surface area is 163 Å². The fraction of sp³-hybridized carbons (Fsp3) is 0.286. The Morgan fingerprint density at radius 1 is 1.18 bits per heavy atom. The molecule has 0 aliphatic carbocycles. The van der Waals surface area contributed by atoms with Crippen molar-refractivity contribution in [3.8, 4) is 5.75 Å². The summed E-state index contributed by atoms with van der Waals surface area (Å²) in [5.41, 5.74) is 2.05. The second-order valence-corrected chi connectivity index (χ2v) is 6.28. The van der Waals surface area contributed by atoms with E-state index in [1.807, 2.05) is 31.2 Å². The SMILES string of the molecule is CCOC(=O)Cn1c(C(C)NC(=O)c2cccc(OC)c2)nc2ccccc21. The fourth-order valence-electron chi connectivity index (χ4n) is 3.04. The van der Waals surface area contributed by atoms with Gasteiger partial charge >= 0.3 is 5.97 Å². The molecule has 28 heavy (non-hydrogen) atoms. The molecular formula is C21H23N3O4. The first-order chi connectivity index (χ1) is 13.5. The first kappa shape index (κ1) is 19.4. The number of aromatic nitrogens is 2. The van der Waals surface area contributed by atoms with Crippen molar-refractivity contribution < 1.29 is 19.1 Å². The molecule has 0 radical (unpaired) electrons. The maximum Gasteiger partial charge on any atom is 0.326 e. The number of methoxy groups -OCH3 is 1. The lowest BCUT2D eigenvalue weighted by atomic mass is 10.2. The number of ether oxygens (including phenoxy) is 2. The highest BCUT2D eigenvalue weighted by atomic mass is 16.5. The molecule has 0 fully saturated rings. The maximum atomic E-state index is 12.7. The van der Waals surface area contributed by atoms with Gasteiger partial charge in [-0.3, -0.25) is 9.59 Å². The van der Waals surface area contributed by atoms with Crippen molar-refractivity contribution in [1.29, 1.82) is 0 Å². The summed E-state index contributed by atoms with van der Waals surface area (Å²) in [4.78, 5) is 29.3. The summed E-state index contributed by atoms with van der Waals surface area (Å²) in [5.74, 6) is 0.597. The summed E-state index contributed by atoms with van der Waals surface area (Å²) in [6, 6.07) is 14.0. The molecule has 0 saturated carbocycles. The van der Waals surface area contributed by atoms with E-state index in [2.05, 4.69) is 10.3 Å². The Hall–Kier alpha value is -3.35. The number of fused-ring (bicyclic) bond motifs is 1. The third kappa shape index (κ3) is 4.14. The van der Waals surface area contributed by atoms with Crippen molar-refractivity contribution in [2.24, 2.45) is 0 Å². The Balaban J connectivity index is 1.88. The van der Waals surface area contributed by atoms with Crippen molar-refractivity contribution in [2.45, 2.75) is 26.4 Å². The molecule has 1 amide bonds. The molecule has 2 aromatic carbocycles. The zero-order valence-electron chi connectivity index (χ0n) is 16.1. The molecule has 0 saturated heterocycles. The van der Waals surface area contributed by atoms with Gasteiger partial charge in [0.15, 0.2) is 0 Å². The van der Waals surface area contributed by atoms with E-state index in [0.717, 1.165) is 11.0 Å². The minimum atomic E-state index is -0.416. The molecule has 7 nitrogen and oxygen atoms in total. The van der Waals surface area contributed by atoms with E-state index in [1.54, 1.807) is 42.9 Å². The number of carbonyl (C=O) groups excluding carboxylic acids is 2. The van der Waals surface area contributed by atoms with Crippen molar-refractivity contribution in [3.05, 3.63) is 59.9 Å². The van der Waals surface area contributed by atoms with E-state index in [9.17, 15) is 9.59 Å². The summed E-state index contributed by atoms with van der Waals surface area (Å²) in [7, 11) is 1.55. The smallest absolute Gasteiger partial charge is 0.326 e. The number of carbonyl (C=O) groups is 2. The van der Waals surface area contributed by atoms with E-state index in [0.29, 0.717) is 23.7 Å². The zero-order valence-corrected chi connectivity index (χ0v) is 16.1. The summed E-state index contributed by atoms with van der Waals surface area (Å²) in [6.45, 7) is 3.94. The molecule has 0 aliphatic heterocycles. The van der Waals surface area contributed by atoms with Gasteiger partial charge in [0.2, 0.25) is 0 Å². The number of amides is 1. The molecule has 0 spiro atoms. The minimum Gasteiger partial charge on any atom is -0.497 e. The third-order valence-electron chi connectivity index (χ3n) is 4.34. The van der Waals surface area contributed by atoms with Crippen molar-refractivity contribution in [2.75, 3.05) is 13.7 Å². The Kier molecular flexibility index (Phi) is 5.93. The lowest BCUT2D eigenvalue weighted by Gasteiger charge is -2.16. The van der Waals surface area contributed by atoms with Gasteiger partial charge in [-0.05, 0) is 44.2 Å². The first-order valence-corrected chi connectivity index (χ1v) is 9.09. The Morgan fingerprint density at radius 3 is 2.71 bits per heavy atom. The lowest BCUT2D eigenvalue weighted by Crippen LogP contribution is -2.29. The third-order valence-corrected chi connectivity index (χ3v) is 4.34. The number of hydrogen-bond donors (Lipinski definition) is 1. The van der Waals surface area contributed by atoms with Gasteiger partial charge < -0.3 is 19.4 Å². The number of benzene rings is 2. The van der Waals surface area contributed by atoms with Crippen LogP contribution in [0.4, 0.5) is 0 Å². The van der Waals surface area contributed by atoms with Crippen molar-refractivity contribution >= 4 is 22.9 Å². The molecule has 0 bridgehead atoms. The molecular weight excluding hydrogens is 358 g/mol. The summed E-state index contributed by atoms with van der Waals surface area (Å²) in [5, 5.41) is 2.94. The van der Waals surface area contributed by atoms with Crippen LogP contribution in [-0.4, -0.2) is 35.1 Å². The highest BCUT2D eigenvalue weighted by molar-refractivity contribution is 5.94. The highest BCUT2D eigenvalue weighted by Crippen LogP contribution is 2.22. The monoisotopic (exact) mass is 381 g/mol. The lowest BCUT2D eigenvalue weighted by molar-refractivity contribution is -0.143. The number of nitrogens with one attached hydrogen (secondary N) is 1. The number of esters is 1. The number of nitrogens with zero attached hydrogens (tertiary/aromatic N) is 2. The van der Waals surface area contributed by atoms with E-state index in [4.69, 9.17) is 9.47 Å². The van der Waals surface area contributed by atoms with Gasteiger partial charge in [0.05, 0.1) is 30.8 Å². The Morgan fingerprint density at radius 2 is 1.96 bits per heavy atom.